The molecule has 5 atom stereocenters. The Morgan fingerprint density at radius 3 is 0.832 bits per heavy atom. The second-order valence-corrected chi connectivity index (χ2v) is 32.3. The number of carbonyl (C=O) groups is 1. The van der Waals surface area contributed by atoms with E-state index in [2.05, 4.69) is 215 Å². The molecule has 5 unspecified atom stereocenters. The molecule has 788 valence electrons. The predicted octanol–water partition coefficient (Wildman–Crippen LogP) is 28.4. The molecule has 0 aliphatic carbocycles. The Labute approximate surface area is 804 Å². The lowest BCUT2D eigenvalue weighted by atomic mass is 9.87. The van der Waals surface area contributed by atoms with E-state index in [0.29, 0.717) is 12.7 Å². The van der Waals surface area contributed by atoms with Crippen molar-refractivity contribution in [2.45, 2.75) is 535 Å². The zero-order valence-corrected chi connectivity index (χ0v) is 86.8. The molecule has 0 aromatic heterocycles. The van der Waals surface area contributed by atoms with Crippen molar-refractivity contribution in [2.75, 3.05) is 157 Å². The Kier molecular flexibility index (Phi) is 173. The van der Waals surface area contributed by atoms with Gasteiger partial charge in [0, 0.05) is 126 Å². The summed E-state index contributed by atoms with van der Waals surface area (Å²) in [5.74, 6) is 4.68. The summed E-state index contributed by atoms with van der Waals surface area (Å²) in [6.07, 6.45) is 20.1. The average molecular weight is 1810 g/mol. The van der Waals surface area contributed by atoms with Gasteiger partial charge in [0.25, 0.3) is 0 Å². The van der Waals surface area contributed by atoms with E-state index in [1.165, 1.54) is 201 Å². The van der Waals surface area contributed by atoms with Crippen LogP contribution >= 0.6 is 0 Å². The van der Waals surface area contributed by atoms with Gasteiger partial charge >= 0.3 is 0 Å². The molecule has 2 bridgehead atoms. The molecule has 0 radical (unpaired) electrons. The van der Waals surface area contributed by atoms with Crippen molar-refractivity contribution < 1.29 is 4.79 Å². The average Bonchev–Trinajstić information content (AvgIpc) is 1.69. The Hall–Kier alpha value is -1.09. The van der Waals surface area contributed by atoms with Gasteiger partial charge in [0.05, 0.1) is 6.67 Å². The number of hydrogen-bond donors (Lipinski definition) is 8. The number of likely N-dealkylation sites (tertiary alicyclic amines) is 5. The van der Waals surface area contributed by atoms with Crippen LogP contribution in [0.5, 0.6) is 0 Å². The molecule has 16 heteroatoms. The first-order valence-corrected chi connectivity index (χ1v) is 50.4. The van der Waals surface area contributed by atoms with Gasteiger partial charge in [-0.2, -0.15) is 0 Å². The molecule has 12 aliphatic rings. The lowest BCUT2D eigenvalue weighted by Gasteiger charge is -2.39. The summed E-state index contributed by atoms with van der Waals surface area (Å²) in [5.41, 5.74) is -0.245. The molecule has 1 amide bonds. The van der Waals surface area contributed by atoms with Crippen LogP contribution in [-0.2, 0) is 4.79 Å². The Morgan fingerprint density at radius 2 is 0.600 bits per heavy atom. The summed E-state index contributed by atoms with van der Waals surface area (Å²) in [7, 11) is 0. The number of rotatable bonds is 10. The van der Waals surface area contributed by atoms with Crippen LogP contribution in [0.3, 0.4) is 0 Å². The van der Waals surface area contributed by atoms with Gasteiger partial charge < -0.3 is 56.8 Å². The first-order chi connectivity index (χ1) is 54.8. The van der Waals surface area contributed by atoms with Crippen LogP contribution < -0.4 is 42.5 Å². The summed E-state index contributed by atoms with van der Waals surface area (Å²) in [4.78, 5) is 29.3. The molecule has 16 nitrogen and oxygen atoms in total. The highest BCUT2D eigenvalue weighted by molar-refractivity contribution is 5.88. The first kappa shape index (κ1) is 173. The monoisotopic (exact) mass is 1810 g/mol. The fraction of sp³-hybridized carbons (Fsp3) is 0.991. The number of amides is 1. The van der Waals surface area contributed by atoms with E-state index >= 15 is 0 Å². The zero-order chi connectivity index (χ0) is 90.0. The molecule has 125 heavy (non-hydrogen) atoms. The van der Waals surface area contributed by atoms with Crippen molar-refractivity contribution in [3.63, 3.8) is 0 Å². The maximum atomic E-state index is 11.6. The number of nitrogens with zero attached hydrogens (tertiary/aromatic N) is 7. The van der Waals surface area contributed by atoms with Crippen LogP contribution in [0, 0.1) is 29.6 Å². The van der Waals surface area contributed by atoms with Crippen molar-refractivity contribution >= 4 is 5.91 Å². The Balaban J connectivity index is -0.0000000528. The molecular weight excluding hydrogens is 1540 g/mol. The lowest BCUT2D eigenvalue weighted by Crippen LogP contribution is -2.55. The maximum absolute atomic E-state index is 11.6. The summed E-state index contributed by atoms with van der Waals surface area (Å²) >= 11 is 0. The van der Waals surface area contributed by atoms with Crippen molar-refractivity contribution in [1.82, 2.24) is 76.8 Å². The minimum absolute atomic E-state index is 0. The first-order valence-electron chi connectivity index (χ1n) is 50.4. The molecule has 12 saturated heterocycles. The summed E-state index contributed by atoms with van der Waals surface area (Å²) < 4.78 is 0. The van der Waals surface area contributed by atoms with Gasteiger partial charge in [-0.1, -0.05) is 282 Å². The van der Waals surface area contributed by atoms with Gasteiger partial charge in [0.15, 0.2) is 0 Å². The minimum Gasteiger partial charge on any atom is -0.342 e. The van der Waals surface area contributed by atoms with E-state index in [1.807, 2.05) is 152 Å². The van der Waals surface area contributed by atoms with Gasteiger partial charge in [0.1, 0.15) is 5.54 Å². The third-order valence-electron chi connectivity index (χ3n) is 22.1. The van der Waals surface area contributed by atoms with E-state index in [-0.39, 0.29) is 93.1 Å². The van der Waals surface area contributed by atoms with E-state index in [9.17, 15) is 4.79 Å². The normalized spacial score (nSPS) is 20.5. The Bertz CT molecular complexity index is 1630. The number of piperazine rings is 2. The van der Waals surface area contributed by atoms with Crippen molar-refractivity contribution in [3.05, 3.63) is 0 Å². The second kappa shape index (κ2) is 125. The van der Waals surface area contributed by atoms with E-state index in [0.717, 1.165) is 130 Å². The Morgan fingerprint density at radius 1 is 0.288 bits per heavy atom. The van der Waals surface area contributed by atoms with Crippen LogP contribution in [0.2, 0.25) is 0 Å². The molecule has 8 N–H and O–H groups in total. The molecule has 12 heterocycles. The highest BCUT2D eigenvalue weighted by Gasteiger charge is 2.44. The number of fused-ring (bicyclic) bond motifs is 2. The maximum Gasteiger partial charge on any atom is 0.241 e. The van der Waals surface area contributed by atoms with Crippen molar-refractivity contribution in [2.24, 2.45) is 29.6 Å². The third kappa shape index (κ3) is 90.5. The van der Waals surface area contributed by atoms with Crippen LogP contribution in [0.1, 0.15) is 469 Å². The lowest BCUT2D eigenvalue weighted by molar-refractivity contribution is -0.125. The molecular formula is C109H271N15O. The van der Waals surface area contributed by atoms with Crippen LogP contribution in [0.25, 0.3) is 0 Å². The van der Waals surface area contributed by atoms with Crippen molar-refractivity contribution in [1.29, 1.82) is 0 Å². The third-order valence-corrected chi connectivity index (χ3v) is 22.1. The zero-order valence-electron chi connectivity index (χ0n) is 86.8. The summed E-state index contributed by atoms with van der Waals surface area (Å²) in [6.45, 7) is 118. The summed E-state index contributed by atoms with van der Waals surface area (Å²) in [6, 6.07) is 7.60. The van der Waals surface area contributed by atoms with Gasteiger partial charge in [-0.25, -0.2) is 0 Å². The van der Waals surface area contributed by atoms with E-state index < -0.39 is 0 Å². The standard InChI is InChI=1S/C10H19N3O.C8H16N2.C8H18N2.2C8H17N.C7H16N2.3C7H15N.C6H13N.11C2H6.11CH4/c1-8(2)13-5-3-10(4-6-13)9(14)11-7-12-10;1-6(2)10-5-7-3-8(10)4-9-7;1-8(2)10-6-3-4-9-5-7-10;1-7(2)8-4-3-5-9-6-8;1-8(2)9-6-4-3-5-7-9;1-7(2)9-5-3-8-4-6-9;1-6(2)7-3-4-8-5-7;1-7(2)8-5-3-4-6-8;1-6(2)7-4-3-5-8-7;1-6(2)7-4-3-5-7;11*1-2;;;;;;;;;;;/h8,12H,3-7H2,1-2H3,(H,11,14);6-9H,3-5H2,1-2H3;8-9H,3-7H2,1-2H3;7-9H,3-6H2,1-2H3;8H,3-7H2,1-2H3;7-8H,3-6H2,1-2H3;6-8H,3-5H2,1-2H3;7H,3-6H2,1-2H3;6-8H,3-5H2,1-2H3;6H,3-5H2,1-2H3;11*1-2H3;11*1H4. The van der Waals surface area contributed by atoms with Gasteiger partial charge in [-0.3, -0.25) is 24.8 Å². The molecule has 0 saturated carbocycles. The van der Waals surface area contributed by atoms with Gasteiger partial charge in [0.2, 0.25) is 5.91 Å². The number of hydrogen-bond acceptors (Lipinski definition) is 15. The number of nitrogens with one attached hydrogen (secondary N) is 8. The second-order valence-electron chi connectivity index (χ2n) is 32.3. The van der Waals surface area contributed by atoms with Crippen molar-refractivity contribution in [3.8, 4) is 0 Å². The molecule has 1 spiro atoms. The SMILES string of the molecule is C.C.C.C.C.C.C.C.C.C.C.CC.CC.CC.CC.CC.CC.CC.CC.CC.CC.CC.CC(C)C1CCCN1.CC(C)C1CCCNC1.CC(C)C1CCNC1.CC(C)N1CC2CC1CN2.CC(C)N1CCC1.CC(C)N1CCC2(CC1)NCNC2=O.CC(C)N1CCCC1.CC(C)N1CCCCC1.CC(C)N1CCCNCC1.CC(C)N1CCNCC1. The van der Waals surface area contributed by atoms with E-state index in [4.69, 9.17) is 0 Å². The molecule has 12 rings (SSSR count). The number of carbonyl (C=O) groups excluding carboxylic acids is 1. The predicted molar refractivity (Wildman–Crippen MR) is 599 cm³/mol. The number of piperidine rings is 3. The van der Waals surface area contributed by atoms with E-state index in [1.54, 1.807) is 0 Å². The molecule has 12 aliphatic heterocycles. The summed E-state index contributed by atoms with van der Waals surface area (Å²) in [5, 5.41) is 26.6. The smallest absolute Gasteiger partial charge is 0.241 e. The van der Waals surface area contributed by atoms with Crippen LogP contribution in [0.4, 0.5) is 0 Å². The van der Waals surface area contributed by atoms with Crippen LogP contribution in [-0.4, -0.2) is 263 Å². The highest BCUT2D eigenvalue weighted by Crippen LogP contribution is 2.27. The topological polar surface area (TPSA) is 136 Å². The van der Waals surface area contributed by atoms with Gasteiger partial charge in [-0.15, -0.1) is 0 Å². The highest BCUT2D eigenvalue weighted by atomic mass is 16.2. The van der Waals surface area contributed by atoms with Gasteiger partial charge in [-0.05, 0) is 301 Å². The quantitative estimate of drug-likeness (QED) is 0.105. The largest absolute Gasteiger partial charge is 0.342 e. The van der Waals surface area contributed by atoms with Crippen LogP contribution in [0.15, 0.2) is 0 Å². The molecule has 0 aromatic carbocycles. The fourth-order valence-corrected chi connectivity index (χ4v) is 14.7. The molecule has 12 fully saturated rings. The molecule has 0 aromatic rings. The minimum atomic E-state index is -0.245. The fourth-order valence-electron chi connectivity index (χ4n) is 14.7.